The van der Waals surface area contributed by atoms with Gasteiger partial charge in [-0.15, -0.1) is 11.3 Å². The summed E-state index contributed by atoms with van der Waals surface area (Å²) in [4.78, 5) is 7.22. The first-order valence-corrected chi connectivity index (χ1v) is 7.75. The highest BCUT2D eigenvalue weighted by atomic mass is 32.1. The van der Waals surface area contributed by atoms with Gasteiger partial charge >= 0.3 is 0 Å². The molecule has 102 valence electrons. The molecule has 4 heteroatoms. The number of likely N-dealkylation sites (tertiary alicyclic amines) is 1. The molecule has 1 N–H and O–H groups in total. The van der Waals surface area contributed by atoms with Crippen molar-refractivity contribution in [2.75, 3.05) is 20.1 Å². The SMILES string of the molecule is CNC(Cc1csc(C)n1)C(C)(C)N1CCCC1. The number of nitrogens with one attached hydrogen (secondary N) is 1. The highest BCUT2D eigenvalue weighted by Crippen LogP contribution is 2.26. The molecule has 0 aromatic carbocycles. The van der Waals surface area contributed by atoms with Gasteiger partial charge in [0.05, 0.1) is 10.7 Å². The van der Waals surface area contributed by atoms with Crippen LogP contribution >= 0.6 is 11.3 Å². The standard InChI is InChI=1S/C14H25N3S/c1-11-16-12(10-18-11)9-13(15-4)14(2,3)17-7-5-6-8-17/h10,13,15H,5-9H2,1-4H3. The minimum absolute atomic E-state index is 0.197. The number of likely N-dealkylation sites (N-methyl/N-ethyl adjacent to an activating group) is 1. The van der Waals surface area contributed by atoms with Crippen molar-refractivity contribution < 1.29 is 0 Å². The van der Waals surface area contributed by atoms with E-state index in [1.807, 2.05) is 0 Å². The van der Waals surface area contributed by atoms with E-state index in [-0.39, 0.29) is 5.54 Å². The monoisotopic (exact) mass is 267 g/mol. The molecule has 2 rings (SSSR count). The van der Waals surface area contributed by atoms with Gasteiger partial charge in [-0.1, -0.05) is 0 Å². The lowest BCUT2D eigenvalue weighted by Gasteiger charge is -2.42. The second kappa shape index (κ2) is 5.68. The minimum Gasteiger partial charge on any atom is -0.315 e. The van der Waals surface area contributed by atoms with Gasteiger partial charge in [0, 0.05) is 23.4 Å². The van der Waals surface area contributed by atoms with Gasteiger partial charge in [-0.3, -0.25) is 4.90 Å². The lowest BCUT2D eigenvalue weighted by Crippen LogP contribution is -2.57. The topological polar surface area (TPSA) is 28.2 Å². The smallest absolute Gasteiger partial charge is 0.0897 e. The molecule has 0 radical (unpaired) electrons. The molecule has 3 nitrogen and oxygen atoms in total. The van der Waals surface area contributed by atoms with E-state index in [1.165, 1.54) is 36.6 Å². The van der Waals surface area contributed by atoms with Crippen molar-refractivity contribution in [3.05, 3.63) is 16.1 Å². The van der Waals surface area contributed by atoms with Gasteiger partial charge in [0.1, 0.15) is 0 Å². The van der Waals surface area contributed by atoms with E-state index in [0.717, 1.165) is 6.42 Å². The molecular formula is C14H25N3S. The maximum absolute atomic E-state index is 4.60. The Morgan fingerprint density at radius 3 is 2.61 bits per heavy atom. The van der Waals surface area contributed by atoms with E-state index in [1.54, 1.807) is 11.3 Å². The van der Waals surface area contributed by atoms with Crippen LogP contribution in [0.5, 0.6) is 0 Å². The maximum atomic E-state index is 4.60. The van der Waals surface area contributed by atoms with E-state index < -0.39 is 0 Å². The number of hydrogen-bond donors (Lipinski definition) is 1. The second-order valence-electron chi connectivity index (χ2n) is 5.75. The molecule has 0 aliphatic carbocycles. The summed E-state index contributed by atoms with van der Waals surface area (Å²) in [7, 11) is 2.07. The van der Waals surface area contributed by atoms with Crippen LogP contribution in [0.25, 0.3) is 0 Å². The third kappa shape index (κ3) is 2.92. The third-order valence-corrected chi connectivity index (χ3v) is 5.02. The normalized spacial score (nSPS) is 19.3. The number of hydrogen-bond acceptors (Lipinski definition) is 4. The molecule has 1 aliphatic heterocycles. The van der Waals surface area contributed by atoms with Crippen LogP contribution < -0.4 is 5.32 Å². The molecule has 1 saturated heterocycles. The highest BCUT2D eigenvalue weighted by Gasteiger charge is 2.36. The fourth-order valence-electron chi connectivity index (χ4n) is 2.93. The summed E-state index contributed by atoms with van der Waals surface area (Å²) in [6.45, 7) is 9.27. The van der Waals surface area contributed by atoms with Gasteiger partial charge in [-0.25, -0.2) is 4.98 Å². The first kappa shape index (κ1) is 14.0. The largest absolute Gasteiger partial charge is 0.315 e. The summed E-state index contributed by atoms with van der Waals surface area (Å²) in [5.74, 6) is 0. The second-order valence-corrected chi connectivity index (χ2v) is 6.81. The van der Waals surface area contributed by atoms with Crippen molar-refractivity contribution in [1.82, 2.24) is 15.2 Å². The zero-order chi connectivity index (χ0) is 13.2. The third-order valence-electron chi connectivity index (χ3n) is 4.20. The Kier molecular flexibility index (Phi) is 4.41. The van der Waals surface area contributed by atoms with Crippen LogP contribution in [0.2, 0.25) is 0 Å². The zero-order valence-corrected chi connectivity index (χ0v) is 12.8. The molecule has 1 atom stereocenters. The average Bonchev–Trinajstić information content (AvgIpc) is 2.96. The lowest BCUT2D eigenvalue weighted by molar-refractivity contribution is 0.110. The lowest BCUT2D eigenvalue weighted by atomic mass is 9.89. The van der Waals surface area contributed by atoms with Crippen LogP contribution in [0.15, 0.2) is 5.38 Å². The fraction of sp³-hybridized carbons (Fsp3) is 0.786. The number of thiazole rings is 1. The molecular weight excluding hydrogens is 242 g/mol. The number of aryl methyl sites for hydroxylation is 1. The van der Waals surface area contributed by atoms with Crippen molar-refractivity contribution in [3.8, 4) is 0 Å². The maximum Gasteiger partial charge on any atom is 0.0897 e. The Hall–Kier alpha value is -0.450. The molecule has 0 saturated carbocycles. The molecule has 0 bridgehead atoms. The molecule has 1 aromatic rings. The summed E-state index contributed by atoms with van der Waals surface area (Å²) in [6.07, 6.45) is 3.70. The number of rotatable bonds is 5. The van der Waals surface area contributed by atoms with Gasteiger partial charge in [0.2, 0.25) is 0 Å². The van der Waals surface area contributed by atoms with Gasteiger partial charge < -0.3 is 5.32 Å². The molecule has 1 fully saturated rings. The Morgan fingerprint density at radius 2 is 2.11 bits per heavy atom. The average molecular weight is 267 g/mol. The quantitative estimate of drug-likeness (QED) is 0.888. The van der Waals surface area contributed by atoms with E-state index >= 15 is 0 Å². The van der Waals surface area contributed by atoms with Crippen LogP contribution in [0.4, 0.5) is 0 Å². The summed E-state index contributed by atoms with van der Waals surface area (Å²) in [5.41, 5.74) is 1.42. The van der Waals surface area contributed by atoms with Crippen molar-refractivity contribution in [3.63, 3.8) is 0 Å². The molecule has 2 heterocycles. The Labute approximate surface area is 115 Å². The molecule has 0 amide bonds. The number of aromatic nitrogens is 1. The summed E-state index contributed by atoms with van der Waals surface area (Å²) >= 11 is 1.75. The number of nitrogens with zero attached hydrogens (tertiary/aromatic N) is 2. The fourth-order valence-corrected chi connectivity index (χ4v) is 3.56. The Bertz CT molecular complexity index is 380. The van der Waals surface area contributed by atoms with Crippen LogP contribution in [0, 0.1) is 6.92 Å². The van der Waals surface area contributed by atoms with Crippen molar-refractivity contribution in [1.29, 1.82) is 0 Å². The molecule has 1 unspecified atom stereocenters. The predicted octanol–water partition coefficient (Wildman–Crippen LogP) is 2.46. The minimum atomic E-state index is 0.197. The summed E-state index contributed by atoms with van der Waals surface area (Å²) in [5, 5.41) is 6.86. The summed E-state index contributed by atoms with van der Waals surface area (Å²) < 4.78 is 0. The van der Waals surface area contributed by atoms with Gasteiger partial charge in [-0.2, -0.15) is 0 Å². The first-order valence-electron chi connectivity index (χ1n) is 6.87. The summed E-state index contributed by atoms with van der Waals surface area (Å²) in [6, 6.07) is 0.456. The van der Waals surface area contributed by atoms with Crippen LogP contribution in [0.3, 0.4) is 0 Å². The molecule has 1 aliphatic rings. The van der Waals surface area contributed by atoms with E-state index in [2.05, 4.69) is 48.4 Å². The Balaban J connectivity index is 2.06. The van der Waals surface area contributed by atoms with Crippen LogP contribution in [0.1, 0.15) is 37.4 Å². The molecule has 1 aromatic heterocycles. The van der Waals surface area contributed by atoms with Gasteiger partial charge in [0.15, 0.2) is 0 Å². The zero-order valence-electron chi connectivity index (χ0n) is 12.0. The van der Waals surface area contributed by atoms with Crippen molar-refractivity contribution in [2.24, 2.45) is 0 Å². The van der Waals surface area contributed by atoms with E-state index in [0.29, 0.717) is 6.04 Å². The van der Waals surface area contributed by atoms with E-state index in [4.69, 9.17) is 0 Å². The Morgan fingerprint density at radius 1 is 1.44 bits per heavy atom. The predicted molar refractivity (Wildman–Crippen MR) is 78.3 cm³/mol. The molecule has 18 heavy (non-hydrogen) atoms. The van der Waals surface area contributed by atoms with Crippen molar-refractivity contribution in [2.45, 2.75) is 51.6 Å². The first-order chi connectivity index (χ1) is 8.54. The van der Waals surface area contributed by atoms with Crippen LogP contribution in [-0.4, -0.2) is 41.6 Å². The van der Waals surface area contributed by atoms with Gasteiger partial charge in [-0.05, 0) is 53.8 Å². The van der Waals surface area contributed by atoms with E-state index in [9.17, 15) is 0 Å². The molecule has 0 spiro atoms. The van der Waals surface area contributed by atoms with Gasteiger partial charge in [0.25, 0.3) is 0 Å². The van der Waals surface area contributed by atoms with Crippen molar-refractivity contribution >= 4 is 11.3 Å². The van der Waals surface area contributed by atoms with Crippen LogP contribution in [-0.2, 0) is 6.42 Å². The highest BCUT2D eigenvalue weighted by molar-refractivity contribution is 7.09.